The highest BCUT2D eigenvalue weighted by Gasteiger charge is 2.70. The van der Waals surface area contributed by atoms with Gasteiger partial charge in [0.15, 0.2) is 5.79 Å². The zero-order chi connectivity index (χ0) is 31.9. The summed E-state index contributed by atoms with van der Waals surface area (Å²) in [5.74, 6) is 1.31. The summed E-state index contributed by atoms with van der Waals surface area (Å²) < 4.78 is 34.3. The second-order valence-corrected chi connectivity index (χ2v) is 15.6. The van der Waals surface area contributed by atoms with E-state index in [4.69, 9.17) is 23.7 Å². The summed E-state index contributed by atoms with van der Waals surface area (Å²) >= 11 is 0. The maximum atomic E-state index is 7.25. The lowest BCUT2D eigenvalue weighted by molar-refractivity contribution is -0.283. The fraction of sp³-hybridized carbons (Fsp3) is 0.571. The monoisotopic (exact) mass is 636 g/mol. The van der Waals surface area contributed by atoms with Crippen molar-refractivity contribution in [3.05, 3.63) is 108 Å². The van der Waals surface area contributed by atoms with E-state index in [0.717, 1.165) is 38.5 Å². The molecule has 0 aromatic heterocycles. The van der Waals surface area contributed by atoms with Crippen molar-refractivity contribution >= 4 is 0 Å². The van der Waals surface area contributed by atoms with Gasteiger partial charge in [-0.1, -0.05) is 105 Å². The zero-order valence-electron chi connectivity index (χ0n) is 28.2. The lowest BCUT2D eigenvalue weighted by atomic mass is 9.43. The molecule has 4 aliphatic carbocycles. The van der Waals surface area contributed by atoms with Crippen LogP contribution in [0.5, 0.6) is 0 Å². The SMILES string of the molecule is C[C@]12CC[C@@H](OCc3ccccc3)CC1[C@@H](OCc1ccccc1)[C@H](OCc1ccccc1)C1C2CC[C@@]2(C)C1CCC21OCCO1. The van der Waals surface area contributed by atoms with Gasteiger partial charge in [0.05, 0.1) is 51.3 Å². The smallest absolute Gasteiger partial charge is 0.174 e. The fourth-order valence-electron chi connectivity index (χ4n) is 10.9. The van der Waals surface area contributed by atoms with Crippen molar-refractivity contribution in [1.29, 1.82) is 0 Å². The Morgan fingerprint density at radius 3 is 1.70 bits per heavy atom. The van der Waals surface area contributed by atoms with E-state index in [-0.39, 0.29) is 29.1 Å². The highest BCUT2D eigenvalue weighted by atomic mass is 16.7. The average molecular weight is 637 g/mol. The van der Waals surface area contributed by atoms with Crippen LogP contribution in [0, 0.1) is 34.5 Å². The second-order valence-electron chi connectivity index (χ2n) is 15.6. The Morgan fingerprint density at radius 2 is 1.11 bits per heavy atom. The molecule has 0 N–H and O–H groups in total. The van der Waals surface area contributed by atoms with Crippen LogP contribution in [0.2, 0.25) is 0 Å². The molecule has 1 spiro atoms. The van der Waals surface area contributed by atoms with Crippen LogP contribution in [0.3, 0.4) is 0 Å². The molecule has 0 amide bonds. The molecule has 5 nitrogen and oxygen atoms in total. The summed E-state index contributed by atoms with van der Waals surface area (Å²) in [5, 5.41) is 0. The van der Waals surface area contributed by atoms with E-state index in [1.165, 1.54) is 23.1 Å². The normalized spacial score (nSPS) is 37.3. The Bertz CT molecular complexity index is 1460. The third-order valence-electron chi connectivity index (χ3n) is 13.3. The van der Waals surface area contributed by atoms with Gasteiger partial charge in [0.1, 0.15) is 0 Å². The molecule has 3 aromatic rings. The first-order valence-electron chi connectivity index (χ1n) is 18.2. The van der Waals surface area contributed by atoms with Crippen molar-refractivity contribution in [2.24, 2.45) is 34.5 Å². The van der Waals surface area contributed by atoms with Crippen molar-refractivity contribution in [1.82, 2.24) is 0 Å². The summed E-state index contributed by atoms with van der Waals surface area (Å²) in [5.41, 5.74) is 3.80. The predicted molar refractivity (Wildman–Crippen MR) is 182 cm³/mol. The van der Waals surface area contributed by atoms with Crippen molar-refractivity contribution in [2.45, 2.75) is 103 Å². The van der Waals surface area contributed by atoms with Crippen LogP contribution in [-0.2, 0) is 43.5 Å². The van der Waals surface area contributed by atoms with Crippen LogP contribution in [-0.4, -0.2) is 37.3 Å². The van der Waals surface area contributed by atoms with Crippen LogP contribution in [0.25, 0.3) is 0 Å². The number of hydrogen-bond acceptors (Lipinski definition) is 5. The topological polar surface area (TPSA) is 46.2 Å². The Hall–Kier alpha value is -2.54. The van der Waals surface area contributed by atoms with Crippen LogP contribution in [0.15, 0.2) is 91.0 Å². The summed E-state index contributed by atoms with van der Waals surface area (Å²) in [6.45, 7) is 8.34. The molecule has 0 radical (unpaired) electrons. The molecule has 9 atom stereocenters. The predicted octanol–water partition coefficient (Wildman–Crippen LogP) is 8.75. The van der Waals surface area contributed by atoms with Crippen molar-refractivity contribution < 1.29 is 23.7 Å². The third-order valence-corrected chi connectivity index (χ3v) is 13.3. The summed E-state index contributed by atoms with van der Waals surface area (Å²) in [7, 11) is 0. The second kappa shape index (κ2) is 13.1. The molecule has 4 unspecified atom stereocenters. The molecule has 0 bridgehead atoms. The van der Waals surface area contributed by atoms with E-state index in [1.54, 1.807) is 0 Å². The molecule has 47 heavy (non-hydrogen) atoms. The zero-order valence-corrected chi connectivity index (χ0v) is 28.2. The molecule has 5 fully saturated rings. The minimum atomic E-state index is -0.451. The highest BCUT2D eigenvalue weighted by Crippen LogP contribution is 2.70. The number of fused-ring (bicyclic) bond motifs is 6. The average Bonchev–Trinajstić information content (AvgIpc) is 3.72. The Kier molecular flexibility index (Phi) is 8.81. The molecule has 250 valence electrons. The molecule has 3 aromatic carbocycles. The van der Waals surface area contributed by atoms with E-state index >= 15 is 0 Å². The molecular weight excluding hydrogens is 584 g/mol. The molecule has 1 saturated heterocycles. The molecule has 4 saturated carbocycles. The Labute approximate surface area is 281 Å². The van der Waals surface area contributed by atoms with Crippen molar-refractivity contribution in [3.8, 4) is 0 Å². The van der Waals surface area contributed by atoms with E-state index in [0.29, 0.717) is 56.7 Å². The van der Waals surface area contributed by atoms with Gasteiger partial charge in [-0.05, 0) is 84.3 Å². The first-order valence-corrected chi connectivity index (χ1v) is 18.2. The summed E-state index contributed by atoms with van der Waals surface area (Å²) in [4.78, 5) is 0. The molecule has 5 aliphatic rings. The van der Waals surface area contributed by atoms with Crippen molar-refractivity contribution in [3.63, 3.8) is 0 Å². The van der Waals surface area contributed by atoms with Crippen LogP contribution < -0.4 is 0 Å². The maximum absolute atomic E-state index is 7.25. The minimum Gasteiger partial charge on any atom is -0.374 e. The number of benzene rings is 3. The molecule has 1 heterocycles. The third kappa shape index (κ3) is 5.70. The largest absolute Gasteiger partial charge is 0.374 e. The van der Waals surface area contributed by atoms with Gasteiger partial charge in [0.25, 0.3) is 0 Å². The first kappa shape index (κ1) is 31.7. The van der Waals surface area contributed by atoms with Gasteiger partial charge in [-0.15, -0.1) is 0 Å². The molecule has 8 rings (SSSR count). The van der Waals surface area contributed by atoms with Gasteiger partial charge < -0.3 is 23.7 Å². The quantitative estimate of drug-likeness (QED) is 0.235. The van der Waals surface area contributed by atoms with Gasteiger partial charge in [0.2, 0.25) is 0 Å². The molecular formula is C42H52O5. The van der Waals surface area contributed by atoms with Gasteiger partial charge in [-0.3, -0.25) is 0 Å². The molecule has 5 heteroatoms. The van der Waals surface area contributed by atoms with Gasteiger partial charge in [0, 0.05) is 11.8 Å². The van der Waals surface area contributed by atoms with Gasteiger partial charge >= 0.3 is 0 Å². The fourth-order valence-corrected chi connectivity index (χ4v) is 10.9. The Balaban J connectivity index is 1.15. The van der Waals surface area contributed by atoms with Gasteiger partial charge in [-0.25, -0.2) is 0 Å². The van der Waals surface area contributed by atoms with E-state index in [2.05, 4.69) is 105 Å². The number of hydrogen-bond donors (Lipinski definition) is 0. The number of rotatable bonds is 9. The van der Waals surface area contributed by atoms with Crippen LogP contribution >= 0.6 is 0 Å². The minimum absolute atomic E-state index is 0.0176. The van der Waals surface area contributed by atoms with Gasteiger partial charge in [-0.2, -0.15) is 0 Å². The highest BCUT2D eigenvalue weighted by molar-refractivity contribution is 5.19. The van der Waals surface area contributed by atoms with Crippen molar-refractivity contribution in [2.75, 3.05) is 13.2 Å². The molecule has 1 aliphatic heterocycles. The Morgan fingerprint density at radius 1 is 0.574 bits per heavy atom. The number of ether oxygens (including phenoxy) is 5. The maximum Gasteiger partial charge on any atom is 0.174 e. The van der Waals surface area contributed by atoms with E-state index in [1.807, 2.05) is 0 Å². The summed E-state index contributed by atoms with van der Waals surface area (Å²) in [6, 6.07) is 32.0. The first-order chi connectivity index (χ1) is 23.0. The lowest BCUT2D eigenvalue weighted by Gasteiger charge is -2.65. The van der Waals surface area contributed by atoms with E-state index < -0.39 is 5.79 Å². The van der Waals surface area contributed by atoms with Crippen LogP contribution in [0.1, 0.15) is 75.5 Å². The lowest BCUT2D eigenvalue weighted by Crippen LogP contribution is -2.66. The van der Waals surface area contributed by atoms with Crippen LogP contribution in [0.4, 0.5) is 0 Å². The standard InChI is InChI=1S/C42H52O5/c1-40-21-18-33(43-27-30-12-6-3-7-13-30)26-36(40)38(44-28-31-14-8-4-9-15-31)39(45-29-32-16-10-5-11-17-32)37-34(40)19-22-41(2)35(37)20-23-42(41)46-24-25-47-42/h3-17,33-39H,18-29H2,1-2H3/t33-,34?,35?,36?,37?,38-,39-,40-,41+/m1/s1. The summed E-state index contributed by atoms with van der Waals surface area (Å²) in [6.07, 6.45) is 7.88. The van der Waals surface area contributed by atoms with E-state index in [9.17, 15) is 0 Å².